The summed E-state index contributed by atoms with van der Waals surface area (Å²) in [4.78, 5) is 48.1. The second-order valence-electron chi connectivity index (χ2n) is 8.06. The predicted molar refractivity (Wildman–Crippen MR) is 119 cm³/mol. The van der Waals surface area contributed by atoms with Crippen molar-refractivity contribution >= 4 is 23.8 Å². The van der Waals surface area contributed by atoms with Crippen LogP contribution in [-0.2, 0) is 36.8 Å². The molecular formula is C23H31N3O8. The first kappa shape index (κ1) is 25.6. The summed E-state index contributed by atoms with van der Waals surface area (Å²) >= 11 is 0. The van der Waals surface area contributed by atoms with E-state index in [-0.39, 0.29) is 24.8 Å². The molecule has 1 atom stereocenters. The number of rotatable bonds is 14. The van der Waals surface area contributed by atoms with Crippen molar-refractivity contribution in [3.05, 3.63) is 34.9 Å². The fourth-order valence-electron chi connectivity index (χ4n) is 3.93. The van der Waals surface area contributed by atoms with Crippen LogP contribution in [0, 0.1) is 0 Å². The van der Waals surface area contributed by atoms with E-state index in [1.54, 1.807) is 4.90 Å². The second kappa shape index (κ2) is 13.0. The largest absolute Gasteiger partial charge is 0.465 e. The third kappa shape index (κ3) is 7.51. The van der Waals surface area contributed by atoms with Gasteiger partial charge < -0.3 is 29.5 Å². The lowest BCUT2D eigenvalue weighted by Gasteiger charge is -2.29. The van der Waals surface area contributed by atoms with E-state index in [4.69, 9.17) is 19.3 Å². The molecule has 186 valence electrons. The minimum Gasteiger partial charge on any atom is -0.465 e. The molecule has 3 rings (SSSR count). The van der Waals surface area contributed by atoms with Gasteiger partial charge in [-0.05, 0) is 36.5 Å². The molecule has 2 heterocycles. The van der Waals surface area contributed by atoms with Crippen molar-refractivity contribution in [1.82, 2.24) is 15.5 Å². The molecule has 1 unspecified atom stereocenters. The van der Waals surface area contributed by atoms with Gasteiger partial charge in [-0.3, -0.25) is 19.7 Å². The average molecular weight is 478 g/mol. The summed E-state index contributed by atoms with van der Waals surface area (Å²) in [5.41, 5.74) is 2.62. The second-order valence-corrected chi connectivity index (χ2v) is 8.06. The highest BCUT2D eigenvalue weighted by atomic mass is 16.5. The van der Waals surface area contributed by atoms with Crippen LogP contribution in [0.5, 0.6) is 0 Å². The van der Waals surface area contributed by atoms with Gasteiger partial charge in [0.05, 0.1) is 33.0 Å². The molecule has 34 heavy (non-hydrogen) atoms. The van der Waals surface area contributed by atoms with E-state index in [1.807, 2.05) is 18.2 Å². The fraction of sp³-hybridized carbons (Fsp3) is 0.565. The maximum absolute atomic E-state index is 12.7. The van der Waals surface area contributed by atoms with Crippen molar-refractivity contribution in [2.24, 2.45) is 0 Å². The van der Waals surface area contributed by atoms with E-state index in [2.05, 4.69) is 10.6 Å². The molecule has 0 aromatic heterocycles. The zero-order chi connectivity index (χ0) is 24.3. The monoisotopic (exact) mass is 477 g/mol. The van der Waals surface area contributed by atoms with Crippen LogP contribution in [0.1, 0.15) is 40.7 Å². The zero-order valence-corrected chi connectivity index (χ0v) is 19.0. The van der Waals surface area contributed by atoms with Crippen LogP contribution >= 0.6 is 0 Å². The number of nitrogens with zero attached hydrogens (tertiary/aromatic N) is 1. The Labute approximate surface area is 197 Å². The highest BCUT2D eigenvalue weighted by Gasteiger charge is 2.38. The normalized spacial score (nSPS) is 17.6. The fourth-order valence-corrected chi connectivity index (χ4v) is 3.93. The van der Waals surface area contributed by atoms with Crippen molar-refractivity contribution in [3.8, 4) is 0 Å². The number of aryl methyl sites for hydroxylation is 1. The zero-order valence-electron chi connectivity index (χ0n) is 19.0. The maximum atomic E-state index is 12.7. The number of hydrogen-bond donors (Lipinski definition) is 3. The van der Waals surface area contributed by atoms with Crippen LogP contribution in [0.15, 0.2) is 18.2 Å². The van der Waals surface area contributed by atoms with Gasteiger partial charge in [0.2, 0.25) is 11.8 Å². The smallest absolute Gasteiger partial charge is 0.404 e. The number of carboxylic acid groups (broad SMARTS) is 1. The third-order valence-corrected chi connectivity index (χ3v) is 5.61. The van der Waals surface area contributed by atoms with E-state index in [1.165, 1.54) is 0 Å². The molecule has 2 aliphatic rings. The Morgan fingerprint density at radius 1 is 1.06 bits per heavy atom. The molecule has 1 aromatic carbocycles. The van der Waals surface area contributed by atoms with Gasteiger partial charge in [-0.15, -0.1) is 0 Å². The molecule has 1 saturated heterocycles. The van der Waals surface area contributed by atoms with Crippen LogP contribution in [0.25, 0.3) is 0 Å². The lowest BCUT2D eigenvalue weighted by atomic mass is 10.0. The van der Waals surface area contributed by atoms with Crippen molar-refractivity contribution in [1.29, 1.82) is 0 Å². The molecule has 11 nitrogen and oxygen atoms in total. The number of carbonyl (C=O) groups excluding carboxylic acids is 3. The molecular weight excluding hydrogens is 446 g/mol. The molecule has 1 aromatic rings. The highest BCUT2D eigenvalue weighted by molar-refractivity contribution is 6.05. The Morgan fingerprint density at radius 2 is 1.76 bits per heavy atom. The Morgan fingerprint density at radius 3 is 2.47 bits per heavy atom. The van der Waals surface area contributed by atoms with Crippen LogP contribution in [-0.4, -0.2) is 86.0 Å². The molecule has 0 bridgehead atoms. The van der Waals surface area contributed by atoms with E-state index < -0.39 is 18.0 Å². The van der Waals surface area contributed by atoms with Gasteiger partial charge in [0, 0.05) is 31.7 Å². The summed E-state index contributed by atoms with van der Waals surface area (Å²) < 4.78 is 16.2. The van der Waals surface area contributed by atoms with Crippen LogP contribution in [0.4, 0.5) is 4.79 Å². The first-order chi connectivity index (χ1) is 16.5. The predicted octanol–water partition coefficient (Wildman–Crippen LogP) is 0.698. The Bertz CT molecular complexity index is 891. The van der Waals surface area contributed by atoms with Gasteiger partial charge >= 0.3 is 6.09 Å². The minimum absolute atomic E-state index is 0.165. The van der Waals surface area contributed by atoms with Gasteiger partial charge in [0.15, 0.2) is 0 Å². The van der Waals surface area contributed by atoms with Gasteiger partial charge in [-0.2, -0.15) is 0 Å². The van der Waals surface area contributed by atoms with E-state index >= 15 is 0 Å². The Balaban J connectivity index is 1.27. The molecule has 11 heteroatoms. The van der Waals surface area contributed by atoms with Gasteiger partial charge in [-0.1, -0.05) is 12.1 Å². The quantitative estimate of drug-likeness (QED) is 0.262. The summed E-state index contributed by atoms with van der Waals surface area (Å²) in [6.07, 6.45) is 1.16. The molecule has 4 amide bonds. The number of carbonyl (C=O) groups is 4. The molecule has 3 N–H and O–H groups in total. The van der Waals surface area contributed by atoms with Crippen molar-refractivity contribution in [2.75, 3.05) is 46.2 Å². The number of nitrogens with one attached hydrogen (secondary N) is 2. The third-order valence-electron chi connectivity index (χ3n) is 5.61. The maximum Gasteiger partial charge on any atom is 0.404 e. The van der Waals surface area contributed by atoms with Crippen molar-refractivity contribution in [2.45, 2.75) is 38.3 Å². The van der Waals surface area contributed by atoms with E-state index in [9.17, 15) is 19.2 Å². The average Bonchev–Trinajstić information content (AvgIpc) is 3.12. The summed E-state index contributed by atoms with van der Waals surface area (Å²) in [5.74, 6) is -0.862. The molecule has 0 radical (unpaired) electrons. The number of imide groups is 1. The number of hydrogen-bond acceptors (Lipinski definition) is 7. The molecule has 0 spiro atoms. The Kier molecular flexibility index (Phi) is 9.80. The summed E-state index contributed by atoms with van der Waals surface area (Å²) in [7, 11) is 0. The van der Waals surface area contributed by atoms with Crippen LogP contribution in [0.2, 0.25) is 0 Å². The molecule has 1 fully saturated rings. The number of fused-ring (bicyclic) bond motifs is 1. The standard InChI is InChI=1S/C23H31N3O8/c27-20-6-5-19(21(28)25-20)26-15-17-14-16(3-4-18(17)22(26)29)2-1-8-32-10-12-34-13-11-33-9-7-24-23(30)31/h3-4,14,19,24H,1-2,5-13,15H2,(H,30,31)(H,25,27,28). The first-order valence-electron chi connectivity index (χ1n) is 11.4. The van der Waals surface area contributed by atoms with Gasteiger partial charge in [0.1, 0.15) is 6.04 Å². The summed E-state index contributed by atoms with van der Waals surface area (Å²) in [6, 6.07) is 5.15. The number of amides is 4. The molecule has 2 aliphatic heterocycles. The van der Waals surface area contributed by atoms with Crippen LogP contribution in [0.3, 0.4) is 0 Å². The minimum atomic E-state index is -1.07. The van der Waals surface area contributed by atoms with E-state index in [0.717, 1.165) is 24.0 Å². The van der Waals surface area contributed by atoms with Gasteiger partial charge in [0.25, 0.3) is 5.91 Å². The first-order valence-corrected chi connectivity index (χ1v) is 11.4. The highest BCUT2D eigenvalue weighted by Crippen LogP contribution is 2.28. The molecule has 0 aliphatic carbocycles. The van der Waals surface area contributed by atoms with Crippen molar-refractivity contribution < 1.29 is 38.5 Å². The number of benzene rings is 1. The summed E-state index contributed by atoms with van der Waals surface area (Å²) in [5, 5.41) is 12.9. The Hall–Kier alpha value is -3.02. The lowest BCUT2D eigenvalue weighted by molar-refractivity contribution is -0.136. The number of ether oxygens (including phenoxy) is 3. The summed E-state index contributed by atoms with van der Waals surface area (Å²) in [6.45, 7) is 3.24. The number of piperidine rings is 1. The van der Waals surface area contributed by atoms with Crippen LogP contribution < -0.4 is 10.6 Å². The SMILES string of the molecule is O=C(O)NCCOCCOCCOCCCc1ccc2c(c1)CN(C1CCC(=O)NC1=O)C2=O. The molecule has 0 saturated carbocycles. The van der Waals surface area contributed by atoms with Crippen molar-refractivity contribution in [3.63, 3.8) is 0 Å². The van der Waals surface area contributed by atoms with E-state index in [0.29, 0.717) is 58.2 Å². The topological polar surface area (TPSA) is 144 Å². The van der Waals surface area contributed by atoms with Gasteiger partial charge in [-0.25, -0.2) is 4.79 Å². The lowest BCUT2D eigenvalue weighted by Crippen LogP contribution is -2.52.